The van der Waals surface area contributed by atoms with Gasteiger partial charge in [0.15, 0.2) is 0 Å². The average molecular weight is 304 g/mol. The van der Waals surface area contributed by atoms with Gasteiger partial charge in [0.25, 0.3) is 0 Å². The fourth-order valence-electron chi connectivity index (χ4n) is 2.70. The predicted octanol–water partition coefficient (Wildman–Crippen LogP) is 2.53. The van der Waals surface area contributed by atoms with Crippen LogP contribution in [0.2, 0.25) is 5.15 Å². The molecule has 3 rings (SSSR count). The van der Waals surface area contributed by atoms with Crippen LogP contribution in [0.15, 0.2) is 30.6 Å². The molecule has 0 radical (unpaired) electrons. The highest BCUT2D eigenvalue weighted by Gasteiger charge is 2.20. The van der Waals surface area contributed by atoms with Gasteiger partial charge in [-0.15, -0.1) is 0 Å². The van der Waals surface area contributed by atoms with E-state index in [0.29, 0.717) is 5.15 Å². The van der Waals surface area contributed by atoms with E-state index in [4.69, 9.17) is 11.6 Å². The second kappa shape index (κ2) is 5.50. The van der Waals surface area contributed by atoms with Gasteiger partial charge in [0.2, 0.25) is 0 Å². The number of fused-ring (bicyclic) bond motifs is 1. The minimum Gasteiger partial charge on any atom is -0.313 e. The Hall–Kier alpha value is -1.85. The number of pyridine rings is 1. The van der Waals surface area contributed by atoms with Gasteiger partial charge in [-0.05, 0) is 32.5 Å². The van der Waals surface area contributed by atoms with Crippen LogP contribution in [-0.2, 0) is 13.5 Å². The highest BCUT2D eigenvalue weighted by atomic mass is 35.5. The zero-order valence-electron chi connectivity index (χ0n) is 12.3. The Kier molecular flexibility index (Phi) is 3.69. The summed E-state index contributed by atoms with van der Waals surface area (Å²) in [5.41, 5.74) is 4.32. The van der Waals surface area contributed by atoms with Crippen molar-refractivity contribution in [2.24, 2.45) is 7.05 Å². The van der Waals surface area contributed by atoms with Crippen molar-refractivity contribution >= 4 is 17.1 Å². The first kappa shape index (κ1) is 14.1. The summed E-state index contributed by atoms with van der Waals surface area (Å²) < 4.78 is 3.60. The number of nitrogens with zero attached hydrogens (tertiary/aromatic N) is 4. The van der Waals surface area contributed by atoms with Gasteiger partial charge in [0.1, 0.15) is 5.15 Å². The second-order valence-corrected chi connectivity index (χ2v) is 5.51. The zero-order chi connectivity index (χ0) is 15.0. The molecule has 0 spiro atoms. The zero-order valence-corrected chi connectivity index (χ0v) is 13.1. The number of hydrogen-bond acceptors (Lipinski definition) is 3. The maximum atomic E-state index is 6.35. The van der Waals surface area contributed by atoms with Gasteiger partial charge in [0, 0.05) is 30.4 Å². The van der Waals surface area contributed by atoms with Crippen molar-refractivity contribution in [1.29, 1.82) is 0 Å². The van der Waals surface area contributed by atoms with Crippen LogP contribution in [0.3, 0.4) is 0 Å². The summed E-state index contributed by atoms with van der Waals surface area (Å²) in [5.74, 6) is 0. The fourth-order valence-corrected chi connectivity index (χ4v) is 2.95. The monoisotopic (exact) mass is 303 g/mol. The quantitative estimate of drug-likeness (QED) is 0.806. The van der Waals surface area contributed by atoms with E-state index >= 15 is 0 Å². The van der Waals surface area contributed by atoms with Gasteiger partial charge in [-0.2, -0.15) is 10.2 Å². The summed E-state index contributed by atoms with van der Waals surface area (Å²) in [5, 5.41) is 12.8. The van der Waals surface area contributed by atoms with E-state index in [1.54, 1.807) is 4.68 Å². The summed E-state index contributed by atoms with van der Waals surface area (Å²) in [7, 11) is 3.82. The molecule has 0 aliphatic rings. The third-order valence-electron chi connectivity index (χ3n) is 3.86. The molecule has 0 amide bonds. The van der Waals surface area contributed by atoms with Crippen molar-refractivity contribution in [3.05, 3.63) is 52.6 Å². The number of aryl methyl sites for hydroxylation is 2. The summed E-state index contributed by atoms with van der Waals surface area (Å²) >= 11 is 6.35. The minimum absolute atomic E-state index is 0.144. The molecular formula is C15H18ClN5. The number of rotatable bonds is 4. The fraction of sp³-hybridized carbons (Fsp3) is 0.333. The molecule has 21 heavy (non-hydrogen) atoms. The second-order valence-electron chi connectivity index (χ2n) is 5.15. The summed E-state index contributed by atoms with van der Waals surface area (Å²) in [4.78, 5) is 0. The molecule has 3 aromatic heterocycles. The molecule has 0 fully saturated rings. The molecule has 0 bridgehead atoms. The number of nitrogens with one attached hydrogen (secondary N) is 1. The van der Waals surface area contributed by atoms with E-state index in [9.17, 15) is 0 Å². The molecule has 0 saturated heterocycles. The first-order chi connectivity index (χ1) is 10.1. The van der Waals surface area contributed by atoms with Crippen LogP contribution in [0.1, 0.15) is 22.9 Å². The van der Waals surface area contributed by atoms with Crippen LogP contribution in [0, 0.1) is 6.92 Å². The van der Waals surface area contributed by atoms with Crippen molar-refractivity contribution in [2.75, 3.05) is 7.05 Å². The van der Waals surface area contributed by atoms with Gasteiger partial charge < -0.3 is 5.32 Å². The van der Waals surface area contributed by atoms with Crippen molar-refractivity contribution in [3.8, 4) is 0 Å². The lowest BCUT2D eigenvalue weighted by Crippen LogP contribution is -2.19. The predicted molar refractivity (Wildman–Crippen MR) is 83.7 cm³/mol. The summed E-state index contributed by atoms with van der Waals surface area (Å²) in [6.45, 7) is 1.99. The molecule has 3 heterocycles. The van der Waals surface area contributed by atoms with Crippen molar-refractivity contribution < 1.29 is 0 Å². The Labute approximate surface area is 128 Å². The Bertz CT molecular complexity index is 774. The Morgan fingerprint density at radius 2 is 2.19 bits per heavy atom. The van der Waals surface area contributed by atoms with E-state index in [2.05, 4.69) is 21.6 Å². The normalized spacial score (nSPS) is 13.0. The molecule has 0 aliphatic heterocycles. The topological polar surface area (TPSA) is 47.2 Å². The first-order valence-electron chi connectivity index (χ1n) is 6.89. The standard InChI is InChI=1S/C15H18ClN5/c1-10-11(15(16)20(3)19-10)8-13(17-2)12-9-18-21-7-5-4-6-14(12)21/h4-7,9,13,17H,8H2,1-3H3. The number of aromatic nitrogens is 4. The van der Waals surface area contributed by atoms with Gasteiger partial charge >= 0.3 is 0 Å². The van der Waals surface area contributed by atoms with Crippen LogP contribution in [-0.4, -0.2) is 26.4 Å². The van der Waals surface area contributed by atoms with Crippen LogP contribution in [0.4, 0.5) is 0 Å². The van der Waals surface area contributed by atoms with E-state index in [1.807, 2.05) is 50.1 Å². The summed E-state index contributed by atoms with van der Waals surface area (Å²) in [6, 6.07) is 6.21. The molecule has 1 atom stereocenters. The third kappa shape index (κ3) is 2.43. The largest absolute Gasteiger partial charge is 0.313 e. The van der Waals surface area contributed by atoms with Crippen molar-refractivity contribution in [3.63, 3.8) is 0 Å². The van der Waals surface area contributed by atoms with Gasteiger partial charge in [-0.3, -0.25) is 4.68 Å². The molecule has 6 heteroatoms. The van der Waals surface area contributed by atoms with Crippen LogP contribution in [0.5, 0.6) is 0 Å². The SMILES string of the molecule is CNC(Cc1c(C)nn(C)c1Cl)c1cnn2ccccc12. The van der Waals surface area contributed by atoms with Crippen molar-refractivity contribution in [1.82, 2.24) is 24.7 Å². The lowest BCUT2D eigenvalue weighted by Gasteiger charge is -2.15. The van der Waals surface area contributed by atoms with Crippen LogP contribution >= 0.6 is 11.6 Å². The summed E-state index contributed by atoms with van der Waals surface area (Å²) in [6.07, 6.45) is 4.65. The lowest BCUT2D eigenvalue weighted by atomic mass is 10.0. The van der Waals surface area contributed by atoms with E-state index in [-0.39, 0.29) is 6.04 Å². The van der Waals surface area contributed by atoms with E-state index in [1.165, 1.54) is 0 Å². The van der Waals surface area contributed by atoms with Gasteiger partial charge in [-0.1, -0.05) is 17.7 Å². The molecule has 0 aromatic carbocycles. The molecule has 0 aliphatic carbocycles. The Morgan fingerprint density at radius 3 is 2.86 bits per heavy atom. The van der Waals surface area contributed by atoms with E-state index in [0.717, 1.165) is 28.8 Å². The Balaban J connectivity index is 1.99. The number of halogens is 1. The maximum Gasteiger partial charge on any atom is 0.130 e. The lowest BCUT2D eigenvalue weighted by molar-refractivity contribution is 0.594. The maximum absolute atomic E-state index is 6.35. The van der Waals surface area contributed by atoms with Crippen molar-refractivity contribution in [2.45, 2.75) is 19.4 Å². The van der Waals surface area contributed by atoms with Gasteiger partial charge in [0.05, 0.1) is 17.4 Å². The van der Waals surface area contributed by atoms with E-state index < -0.39 is 0 Å². The first-order valence-corrected chi connectivity index (χ1v) is 7.27. The Morgan fingerprint density at radius 1 is 1.38 bits per heavy atom. The number of likely N-dealkylation sites (N-methyl/N-ethyl adjacent to an activating group) is 1. The highest BCUT2D eigenvalue weighted by Crippen LogP contribution is 2.27. The molecule has 1 N–H and O–H groups in total. The molecule has 1 unspecified atom stereocenters. The average Bonchev–Trinajstić information content (AvgIpc) is 3.00. The molecule has 5 nitrogen and oxygen atoms in total. The molecule has 110 valence electrons. The minimum atomic E-state index is 0.144. The molecule has 0 saturated carbocycles. The van der Waals surface area contributed by atoms with Crippen LogP contribution in [0.25, 0.3) is 5.52 Å². The smallest absolute Gasteiger partial charge is 0.130 e. The highest BCUT2D eigenvalue weighted by molar-refractivity contribution is 6.30. The molecule has 3 aromatic rings. The van der Waals surface area contributed by atoms with Gasteiger partial charge in [-0.25, -0.2) is 4.52 Å². The number of hydrogen-bond donors (Lipinski definition) is 1. The third-order valence-corrected chi connectivity index (χ3v) is 4.33. The van der Waals surface area contributed by atoms with Crippen LogP contribution < -0.4 is 5.32 Å². The molecular weight excluding hydrogens is 286 g/mol.